The molecule has 1 aliphatic heterocycles. The molecule has 5 nitrogen and oxygen atoms in total. The highest BCUT2D eigenvalue weighted by Crippen LogP contribution is 2.23. The van der Waals surface area contributed by atoms with E-state index < -0.39 is 0 Å². The molecule has 2 N–H and O–H groups in total. The molecule has 1 heterocycles. The summed E-state index contributed by atoms with van der Waals surface area (Å²) < 4.78 is 5.88. The van der Waals surface area contributed by atoms with Gasteiger partial charge in [-0.2, -0.15) is 0 Å². The lowest BCUT2D eigenvalue weighted by atomic mass is 10.0. The molecule has 128 valence electrons. The fourth-order valence-corrected chi connectivity index (χ4v) is 3.04. The van der Waals surface area contributed by atoms with Gasteiger partial charge in [-0.25, -0.2) is 4.79 Å². The molecule has 24 heavy (non-hydrogen) atoms. The lowest BCUT2D eigenvalue weighted by Crippen LogP contribution is -2.39. The van der Waals surface area contributed by atoms with Crippen molar-refractivity contribution in [3.05, 3.63) is 48.3 Å². The summed E-state index contributed by atoms with van der Waals surface area (Å²) in [6, 6.07) is 7.55. The lowest BCUT2D eigenvalue weighted by molar-refractivity contribution is 0.248. The third-order valence-electron chi connectivity index (χ3n) is 4.33. The number of amides is 2. The van der Waals surface area contributed by atoms with E-state index in [9.17, 15) is 4.79 Å². The molecule has 0 aromatic heterocycles. The number of likely N-dealkylation sites (tertiary alicyclic amines) is 1. The van der Waals surface area contributed by atoms with Gasteiger partial charge < -0.3 is 20.3 Å². The zero-order valence-corrected chi connectivity index (χ0v) is 14.3. The van der Waals surface area contributed by atoms with Crippen molar-refractivity contribution in [2.24, 2.45) is 5.92 Å². The van der Waals surface area contributed by atoms with Crippen LogP contribution in [0.5, 0.6) is 5.75 Å². The molecule has 0 saturated carbocycles. The minimum absolute atomic E-state index is 0.155. The van der Waals surface area contributed by atoms with E-state index in [1.807, 2.05) is 36.4 Å². The van der Waals surface area contributed by atoms with Crippen LogP contribution in [0.15, 0.2) is 48.3 Å². The summed E-state index contributed by atoms with van der Waals surface area (Å²) in [5.74, 6) is 2.25. The monoisotopic (exact) mass is 327 g/mol. The van der Waals surface area contributed by atoms with Crippen molar-refractivity contribution in [2.45, 2.75) is 25.8 Å². The number of allylic oxidation sites excluding steroid dienone is 4. The first-order valence-electron chi connectivity index (χ1n) is 8.50. The van der Waals surface area contributed by atoms with Crippen molar-refractivity contribution >= 4 is 11.7 Å². The van der Waals surface area contributed by atoms with Gasteiger partial charge in [0.1, 0.15) is 11.5 Å². The Hall–Kier alpha value is -2.27. The first-order valence-corrected chi connectivity index (χ1v) is 8.50. The van der Waals surface area contributed by atoms with E-state index in [1.54, 1.807) is 0 Å². The molecule has 1 aromatic carbocycles. The molecule has 2 amide bonds. The summed E-state index contributed by atoms with van der Waals surface area (Å²) in [6.45, 7) is 4.10. The molecule has 3 rings (SSSR count). The second-order valence-corrected chi connectivity index (χ2v) is 6.67. The number of ether oxygens (including phenoxy) is 1. The minimum atomic E-state index is -0.155. The second-order valence-electron chi connectivity index (χ2n) is 6.67. The van der Waals surface area contributed by atoms with Crippen LogP contribution in [-0.2, 0) is 0 Å². The predicted molar refractivity (Wildman–Crippen MR) is 96.1 cm³/mol. The maximum Gasteiger partial charge on any atom is 0.319 e. The van der Waals surface area contributed by atoms with Crippen molar-refractivity contribution in [3.63, 3.8) is 0 Å². The van der Waals surface area contributed by atoms with Gasteiger partial charge in [0.2, 0.25) is 0 Å². The van der Waals surface area contributed by atoms with Gasteiger partial charge in [-0.05, 0) is 56.3 Å². The van der Waals surface area contributed by atoms with E-state index in [-0.39, 0.29) is 12.1 Å². The first kappa shape index (κ1) is 16.6. The molecular formula is C19H25N3O2. The number of urea groups is 1. The summed E-state index contributed by atoms with van der Waals surface area (Å²) in [7, 11) is 2.07. The average molecular weight is 327 g/mol. The van der Waals surface area contributed by atoms with Crippen LogP contribution in [0.4, 0.5) is 10.5 Å². The highest BCUT2D eigenvalue weighted by atomic mass is 16.5. The van der Waals surface area contributed by atoms with Crippen LogP contribution < -0.4 is 15.4 Å². The number of hydrogen-bond donors (Lipinski definition) is 2. The Labute approximate surface area is 143 Å². The van der Waals surface area contributed by atoms with Crippen LogP contribution in [0.25, 0.3) is 0 Å². The van der Waals surface area contributed by atoms with Crippen molar-refractivity contribution in [3.8, 4) is 5.75 Å². The third-order valence-corrected chi connectivity index (χ3v) is 4.33. The van der Waals surface area contributed by atoms with E-state index in [2.05, 4.69) is 35.6 Å². The molecule has 1 fully saturated rings. The van der Waals surface area contributed by atoms with Gasteiger partial charge in [0.05, 0.1) is 0 Å². The molecule has 0 bridgehead atoms. The summed E-state index contributed by atoms with van der Waals surface area (Å²) in [5.41, 5.74) is 0.761. The number of hydrogen-bond acceptors (Lipinski definition) is 3. The van der Waals surface area contributed by atoms with Gasteiger partial charge in [-0.3, -0.25) is 0 Å². The van der Waals surface area contributed by atoms with E-state index >= 15 is 0 Å². The van der Waals surface area contributed by atoms with Gasteiger partial charge in [0, 0.05) is 24.7 Å². The molecule has 1 aliphatic carbocycles. The van der Waals surface area contributed by atoms with Crippen LogP contribution in [-0.4, -0.2) is 37.1 Å². The second kappa shape index (κ2) is 7.53. The molecule has 2 unspecified atom stereocenters. The Morgan fingerprint density at radius 1 is 1.29 bits per heavy atom. The average Bonchev–Trinajstić information content (AvgIpc) is 2.94. The Kier molecular flexibility index (Phi) is 5.20. The molecule has 2 atom stereocenters. The number of nitrogens with zero attached hydrogens (tertiary/aromatic N) is 1. The van der Waals surface area contributed by atoms with Gasteiger partial charge >= 0.3 is 6.03 Å². The molecule has 2 aliphatic rings. The van der Waals surface area contributed by atoms with Gasteiger partial charge in [-0.1, -0.05) is 19.1 Å². The number of rotatable bonds is 4. The molecule has 0 spiro atoms. The third kappa shape index (κ3) is 4.61. The van der Waals surface area contributed by atoms with E-state index in [0.717, 1.165) is 43.1 Å². The van der Waals surface area contributed by atoms with E-state index in [0.29, 0.717) is 5.92 Å². The fraction of sp³-hybridized carbons (Fsp3) is 0.421. The normalized spacial score (nSPS) is 23.7. The van der Waals surface area contributed by atoms with Gasteiger partial charge in [0.25, 0.3) is 0 Å². The van der Waals surface area contributed by atoms with Crippen molar-refractivity contribution < 1.29 is 9.53 Å². The largest absolute Gasteiger partial charge is 0.462 e. The number of anilines is 1. The Morgan fingerprint density at radius 2 is 2.08 bits per heavy atom. The number of nitrogens with one attached hydrogen (secondary N) is 2. The first-order chi connectivity index (χ1) is 11.6. The zero-order valence-electron chi connectivity index (χ0n) is 14.3. The molecular weight excluding hydrogens is 302 g/mol. The van der Waals surface area contributed by atoms with Gasteiger partial charge in [0.15, 0.2) is 0 Å². The van der Waals surface area contributed by atoms with Gasteiger partial charge in [-0.15, -0.1) is 0 Å². The quantitative estimate of drug-likeness (QED) is 0.891. The standard InChI is InChI=1S/C19H25N3O2/c1-14-4-3-5-18(12-14)24-17-8-6-15(7-9-17)20-19(23)21-16-10-11-22(2)13-16/h3-9,14,16H,10-13H2,1-2H3,(H2,20,21,23). The highest BCUT2D eigenvalue weighted by molar-refractivity contribution is 5.89. The Balaban J connectivity index is 1.50. The summed E-state index contributed by atoms with van der Waals surface area (Å²) in [5, 5.41) is 5.87. The molecule has 1 aromatic rings. The van der Waals surface area contributed by atoms with E-state index in [1.165, 1.54) is 0 Å². The zero-order chi connectivity index (χ0) is 16.9. The van der Waals surface area contributed by atoms with Crippen LogP contribution in [0.2, 0.25) is 0 Å². The minimum Gasteiger partial charge on any atom is -0.462 e. The Morgan fingerprint density at radius 3 is 2.75 bits per heavy atom. The van der Waals surface area contributed by atoms with Crippen molar-refractivity contribution in [1.82, 2.24) is 10.2 Å². The molecule has 5 heteroatoms. The number of carbonyl (C=O) groups is 1. The van der Waals surface area contributed by atoms with E-state index in [4.69, 9.17) is 4.74 Å². The fourth-order valence-electron chi connectivity index (χ4n) is 3.04. The molecule has 1 saturated heterocycles. The SMILES string of the molecule is CC1C=CC=C(Oc2ccc(NC(=O)NC3CCN(C)C3)cc2)C1. The van der Waals surface area contributed by atoms with Crippen LogP contribution >= 0.6 is 0 Å². The summed E-state index contributed by atoms with van der Waals surface area (Å²) in [4.78, 5) is 14.2. The van der Waals surface area contributed by atoms with Crippen LogP contribution in [0.1, 0.15) is 19.8 Å². The highest BCUT2D eigenvalue weighted by Gasteiger charge is 2.20. The number of benzene rings is 1. The number of carbonyl (C=O) groups excluding carboxylic acids is 1. The maximum absolute atomic E-state index is 12.0. The summed E-state index contributed by atoms with van der Waals surface area (Å²) in [6.07, 6.45) is 8.11. The Bertz CT molecular complexity index is 637. The van der Waals surface area contributed by atoms with Crippen LogP contribution in [0.3, 0.4) is 0 Å². The molecule has 0 radical (unpaired) electrons. The van der Waals surface area contributed by atoms with Crippen LogP contribution in [0, 0.1) is 5.92 Å². The lowest BCUT2D eigenvalue weighted by Gasteiger charge is -2.16. The summed E-state index contributed by atoms with van der Waals surface area (Å²) >= 11 is 0. The van der Waals surface area contributed by atoms with Crippen molar-refractivity contribution in [2.75, 3.05) is 25.5 Å². The predicted octanol–water partition coefficient (Wildman–Crippen LogP) is 3.37. The topological polar surface area (TPSA) is 53.6 Å². The number of likely N-dealkylation sites (N-methyl/N-ethyl adjacent to an activating group) is 1. The smallest absolute Gasteiger partial charge is 0.319 e. The van der Waals surface area contributed by atoms with Crippen molar-refractivity contribution in [1.29, 1.82) is 0 Å². The maximum atomic E-state index is 12.0.